The minimum atomic E-state index is -0.501. The predicted molar refractivity (Wildman–Crippen MR) is 60.8 cm³/mol. The molecule has 1 rings (SSSR count). The molecule has 0 bridgehead atoms. The molecule has 1 fully saturated rings. The molecule has 0 aliphatic heterocycles. The molecule has 1 N–H and O–H groups in total. The van der Waals surface area contributed by atoms with E-state index in [1.54, 1.807) is 0 Å². The topological polar surface area (TPSA) is 79.2 Å². The van der Waals surface area contributed by atoms with Gasteiger partial charge in [0, 0.05) is 0 Å². The Morgan fingerprint density at radius 2 is 2.00 bits per heavy atom. The Bertz CT molecular complexity index is 327. The van der Waals surface area contributed by atoms with Crippen LogP contribution in [0.15, 0.2) is 0 Å². The summed E-state index contributed by atoms with van der Waals surface area (Å²) >= 11 is 0. The summed E-state index contributed by atoms with van der Waals surface area (Å²) in [7, 11) is 1.34. The van der Waals surface area contributed by atoms with Gasteiger partial charge in [-0.15, -0.1) is 0 Å². The van der Waals surface area contributed by atoms with Gasteiger partial charge in [-0.3, -0.25) is 9.59 Å². The van der Waals surface area contributed by atoms with E-state index in [4.69, 9.17) is 5.26 Å². The van der Waals surface area contributed by atoms with Crippen LogP contribution in [0.3, 0.4) is 0 Å². The number of hydrogen-bond donors (Lipinski definition) is 1. The van der Waals surface area contributed by atoms with Crippen molar-refractivity contribution in [3.63, 3.8) is 0 Å². The van der Waals surface area contributed by atoms with Crippen LogP contribution in [0.2, 0.25) is 0 Å². The molecule has 1 amide bonds. The van der Waals surface area contributed by atoms with Crippen molar-refractivity contribution in [3.8, 4) is 6.07 Å². The molecule has 0 aromatic rings. The van der Waals surface area contributed by atoms with Crippen LogP contribution in [-0.2, 0) is 14.3 Å². The average molecular weight is 238 g/mol. The Balaban J connectivity index is 2.68. The standard InChI is InChI=1S/C12H18N2O3/c1-17-11(16)9-12(6-3-2-4-7-12)14-10(15)5-8-13/h2-7,9H2,1H3,(H,14,15). The monoisotopic (exact) mass is 238 g/mol. The third-order valence-corrected chi connectivity index (χ3v) is 3.17. The van der Waals surface area contributed by atoms with Crippen LogP contribution in [0, 0.1) is 11.3 Å². The predicted octanol–water partition coefficient (Wildman–Crippen LogP) is 1.28. The van der Waals surface area contributed by atoms with Gasteiger partial charge in [-0.05, 0) is 12.8 Å². The van der Waals surface area contributed by atoms with E-state index in [9.17, 15) is 9.59 Å². The first-order valence-electron chi connectivity index (χ1n) is 5.87. The van der Waals surface area contributed by atoms with E-state index in [1.807, 2.05) is 6.07 Å². The van der Waals surface area contributed by atoms with Gasteiger partial charge in [-0.2, -0.15) is 5.26 Å². The highest BCUT2D eigenvalue weighted by Gasteiger charge is 2.35. The SMILES string of the molecule is COC(=O)CC1(NC(=O)CC#N)CCCCC1. The lowest BCUT2D eigenvalue weighted by atomic mass is 9.79. The number of esters is 1. The first-order valence-corrected chi connectivity index (χ1v) is 5.87. The molecular formula is C12H18N2O3. The van der Waals surface area contributed by atoms with Gasteiger partial charge in [0.2, 0.25) is 5.91 Å². The number of hydrogen-bond acceptors (Lipinski definition) is 4. The molecule has 0 spiro atoms. The van der Waals surface area contributed by atoms with Gasteiger partial charge in [0.1, 0.15) is 6.42 Å². The minimum Gasteiger partial charge on any atom is -0.469 e. The fraction of sp³-hybridized carbons (Fsp3) is 0.750. The lowest BCUT2D eigenvalue weighted by Gasteiger charge is -2.37. The van der Waals surface area contributed by atoms with Crippen molar-refractivity contribution in [1.82, 2.24) is 5.32 Å². The van der Waals surface area contributed by atoms with Gasteiger partial charge in [-0.1, -0.05) is 19.3 Å². The number of ether oxygens (including phenoxy) is 1. The molecule has 0 radical (unpaired) electrons. The number of nitriles is 1. The molecular weight excluding hydrogens is 220 g/mol. The summed E-state index contributed by atoms with van der Waals surface area (Å²) in [6.45, 7) is 0. The fourth-order valence-electron chi connectivity index (χ4n) is 2.33. The second-order valence-corrected chi connectivity index (χ2v) is 4.48. The van der Waals surface area contributed by atoms with Crippen molar-refractivity contribution in [1.29, 1.82) is 5.26 Å². The summed E-state index contributed by atoms with van der Waals surface area (Å²) in [6, 6.07) is 1.81. The van der Waals surface area contributed by atoms with E-state index in [-0.39, 0.29) is 24.7 Å². The summed E-state index contributed by atoms with van der Waals surface area (Å²) in [4.78, 5) is 22.9. The van der Waals surface area contributed by atoms with Crippen molar-refractivity contribution in [2.24, 2.45) is 0 Å². The van der Waals surface area contributed by atoms with Gasteiger partial charge in [0.15, 0.2) is 0 Å². The van der Waals surface area contributed by atoms with E-state index in [0.717, 1.165) is 32.1 Å². The lowest BCUT2D eigenvalue weighted by molar-refractivity contribution is -0.143. The number of nitrogens with zero attached hydrogens (tertiary/aromatic N) is 1. The number of rotatable bonds is 4. The van der Waals surface area contributed by atoms with Crippen molar-refractivity contribution in [3.05, 3.63) is 0 Å². The van der Waals surface area contributed by atoms with Crippen molar-refractivity contribution < 1.29 is 14.3 Å². The molecule has 0 aromatic heterocycles. The molecule has 0 heterocycles. The van der Waals surface area contributed by atoms with E-state index in [0.29, 0.717) is 0 Å². The Hall–Kier alpha value is -1.57. The molecule has 1 saturated carbocycles. The molecule has 0 aromatic carbocycles. The molecule has 94 valence electrons. The normalized spacial score (nSPS) is 17.9. The molecule has 5 nitrogen and oxygen atoms in total. The Morgan fingerprint density at radius 3 is 2.53 bits per heavy atom. The second-order valence-electron chi connectivity index (χ2n) is 4.48. The summed E-state index contributed by atoms with van der Waals surface area (Å²) in [5, 5.41) is 11.3. The summed E-state index contributed by atoms with van der Waals surface area (Å²) in [5.74, 6) is -0.623. The zero-order valence-electron chi connectivity index (χ0n) is 10.1. The maximum atomic E-state index is 11.5. The highest BCUT2D eigenvalue weighted by atomic mass is 16.5. The van der Waals surface area contributed by atoms with Crippen molar-refractivity contribution in [2.45, 2.75) is 50.5 Å². The molecule has 1 aliphatic carbocycles. The van der Waals surface area contributed by atoms with Crippen molar-refractivity contribution in [2.75, 3.05) is 7.11 Å². The molecule has 17 heavy (non-hydrogen) atoms. The molecule has 0 atom stereocenters. The van der Waals surface area contributed by atoms with Gasteiger partial charge >= 0.3 is 5.97 Å². The number of amides is 1. The first-order chi connectivity index (χ1) is 8.12. The van der Waals surface area contributed by atoms with E-state index < -0.39 is 5.54 Å². The zero-order chi connectivity index (χ0) is 12.7. The summed E-state index contributed by atoms with van der Waals surface area (Å²) < 4.78 is 4.66. The maximum Gasteiger partial charge on any atom is 0.307 e. The smallest absolute Gasteiger partial charge is 0.307 e. The van der Waals surface area contributed by atoms with Crippen LogP contribution < -0.4 is 5.32 Å². The quantitative estimate of drug-likeness (QED) is 0.748. The van der Waals surface area contributed by atoms with Crippen LogP contribution in [-0.4, -0.2) is 24.5 Å². The van der Waals surface area contributed by atoms with Crippen LogP contribution >= 0.6 is 0 Å². The molecule has 0 unspecified atom stereocenters. The summed E-state index contributed by atoms with van der Waals surface area (Å²) in [6.07, 6.45) is 4.69. The Labute approximate surface area is 101 Å². The Morgan fingerprint density at radius 1 is 1.35 bits per heavy atom. The molecule has 5 heteroatoms. The van der Waals surface area contributed by atoms with Crippen LogP contribution in [0.4, 0.5) is 0 Å². The zero-order valence-corrected chi connectivity index (χ0v) is 10.1. The highest BCUT2D eigenvalue weighted by molar-refractivity contribution is 5.80. The van der Waals surface area contributed by atoms with Crippen molar-refractivity contribution >= 4 is 11.9 Å². The van der Waals surface area contributed by atoms with Gasteiger partial charge in [-0.25, -0.2) is 0 Å². The average Bonchev–Trinajstić information content (AvgIpc) is 2.30. The number of methoxy groups -OCH3 is 1. The first kappa shape index (κ1) is 13.5. The van der Waals surface area contributed by atoms with Gasteiger partial charge in [0.25, 0.3) is 0 Å². The van der Waals surface area contributed by atoms with Gasteiger partial charge in [0.05, 0.1) is 25.1 Å². The minimum absolute atomic E-state index is 0.164. The largest absolute Gasteiger partial charge is 0.469 e. The fourth-order valence-corrected chi connectivity index (χ4v) is 2.33. The summed E-state index contributed by atoms with van der Waals surface area (Å²) in [5.41, 5.74) is -0.501. The third-order valence-electron chi connectivity index (χ3n) is 3.17. The lowest BCUT2D eigenvalue weighted by Crippen LogP contribution is -2.51. The maximum absolute atomic E-state index is 11.5. The van der Waals surface area contributed by atoms with E-state index >= 15 is 0 Å². The van der Waals surface area contributed by atoms with E-state index in [2.05, 4.69) is 10.1 Å². The van der Waals surface area contributed by atoms with E-state index in [1.165, 1.54) is 7.11 Å². The van der Waals surface area contributed by atoms with Crippen LogP contribution in [0.25, 0.3) is 0 Å². The Kier molecular flexibility index (Phi) is 4.95. The molecule has 1 aliphatic rings. The number of carbonyl (C=O) groups is 2. The van der Waals surface area contributed by atoms with Crippen LogP contribution in [0.5, 0.6) is 0 Å². The third kappa shape index (κ3) is 4.06. The van der Waals surface area contributed by atoms with Crippen LogP contribution in [0.1, 0.15) is 44.9 Å². The second kappa shape index (κ2) is 6.24. The number of carbonyl (C=O) groups excluding carboxylic acids is 2. The van der Waals surface area contributed by atoms with Gasteiger partial charge < -0.3 is 10.1 Å². The number of nitrogens with one attached hydrogen (secondary N) is 1. The highest BCUT2D eigenvalue weighted by Crippen LogP contribution is 2.31. The molecule has 0 saturated heterocycles.